The first-order chi connectivity index (χ1) is 13.2. The molecule has 0 fully saturated rings. The number of alkyl halides is 2. The third-order valence-corrected chi connectivity index (χ3v) is 5.43. The van der Waals surface area contributed by atoms with Crippen molar-refractivity contribution in [2.24, 2.45) is 0 Å². The van der Waals surface area contributed by atoms with Crippen molar-refractivity contribution in [2.75, 3.05) is 13.6 Å². The van der Waals surface area contributed by atoms with E-state index in [1.807, 2.05) is 0 Å². The summed E-state index contributed by atoms with van der Waals surface area (Å²) >= 11 is 5.79. The highest BCUT2D eigenvalue weighted by Gasteiger charge is 2.16. The lowest BCUT2D eigenvalue weighted by Gasteiger charge is -2.18. The van der Waals surface area contributed by atoms with Crippen LogP contribution >= 0.6 is 11.6 Å². The van der Waals surface area contributed by atoms with Crippen molar-refractivity contribution >= 4 is 27.5 Å². The summed E-state index contributed by atoms with van der Waals surface area (Å²) in [5, 5.41) is 0.295. The molecule has 6 nitrogen and oxygen atoms in total. The Morgan fingerprint density at radius 1 is 1.21 bits per heavy atom. The number of carbonyl (C=O) groups excluding carboxylic acids is 1. The normalized spacial score (nSPS) is 11.5. The first kappa shape index (κ1) is 22.1. The monoisotopic (exact) mass is 432 g/mol. The predicted molar refractivity (Wildman–Crippen MR) is 101 cm³/mol. The number of amides is 1. The molecular formula is C18H19ClF2N2O4S. The predicted octanol–water partition coefficient (Wildman–Crippen LogP) is 3.27. The molecule has 0 bridgehead atoms. The van der Waals surface area contributed by atoms with Crippen LogP contribution in [-0.4, -0.2) is 39.4 Å². The topological polar surface area (TPSA) is 75.7 Å². The second kappa shape index (κ2) is 9.81. The Kier molecular flexibility index (Phi) is 7.73. The molecule has 0 aliphatic rings. The van der Waals surface area contributed by atoms with Gasteiger partial charge in [0.15, 0.2) is 0 Å². The molecule has 0 aliphatic carbocycles. The summed E-state index contributed by atoms with van der Waals surface area (Å²) in [6, 6.07) is 11.7. The third-order valence-electron chi connectivity index (χ3n) is 3.73. The number of hydrogen-bond acceptors (Lipinski definition) is 4. The standard InChI is InChI=1S/C18H19ClF2N2O4S/c1-23(12-13-5-7-15(8-6-13)27-18(20)21)17(24)9-10-22-28(25,26)16-4-2-3-14(19)11-16/h2-8,11,18,22H,9-10,12H2,1H3. The van der Waals surface area contributed by atoms with Crippen molar-refractivity contribution in [3.8, 4) is 5.75 Å². The summed E-state index contributed by atoms with van der Waals surface area (Å²) in [6.07, 6.45) is -0.0388. The van der Waals surface area contributed by atoms with Gasteiger partial charge in [0, 0.05) is 31.6 Å². The lowest BCUT2D eigenvalue weighted by atomic mass is 10.2. The van der Waals surface area contributed by atoms with E-state index in [2.05, 4.69) is 9.46 Å². The molecule has 2 rings (SSSR count). The van der Waals surface area contributed by atoms with Gasteiger partial charge in [0.05, 0.1) is 4.90 Å². The largest absolute Gasteiger partial charge is 0.435 e. The molecule has 2 aromatic carbocycles. The van der Waals surface area contributed by atoms with Gasteiger partial charge in [-0.05, 0) is 35.9 Å². The van der Waals surface area contributed by atoms with Gasteiger partial charge in [-0.25, -0.2) is 13.1 Å². The second-order valence-electron chi connectivity index (χ2n) is 5.88. The van der Waals surface area contributed by atoms with Gasteiger partial charge in [-0.1, -0.05) is 29.8 Å². The number of benzene rings is 2. The van der Waals surface area contributed by atoms with Crippen LogP contribution in [0.4, 0.5) is 8.78 Å². The molecule has 10 heteroatoms. The van der Waals surface area contributed by atoms with Crippen LogP contribution in [0.25, 0.3) is 0 Å². The van der Waals surface area contributed by atoms with Crippen molar-refractivity contribution in [1.82, 2.24) is 9.62 Å². The Morgan fingerprint density at radius 3 is 2.50 bits per heavy atom. The van der Waals surface area contributed by atoms with Gasteiger partial charge in [-0.15, -0.1) is 0 Å². The van der Waals surface area contributed by atoms with Gasteiger partial charge in [0.25, 0.3) is 0 Å². The van der Waals surface area contributed by atoms with E-state index >= 15 is 0 Å². The smallest absolute Gasteiger partial charge is 0.387 e. The molecule has 1 amide bonds. The fraction of sp³-hybridized carbons (Fsp3) is 0.278. The molecule has 152 valence electrons. The number of sulfonamides is 1. The van der Waals surface area contributed by atoms with Gasteiger partial charge >= 0.3 is 6.61 Å². The Bertz CT molecular complexity index is 908. The molecule has 0 radical (unpaired) electrons. The molecule has 0 aliphatic heterocycles. The number of nitrogens with zero attached hydrogens (tertiary/aromatic N) is 1. The number of rotatable bonds is 9. The van der Waals surface area contributed by atoms with Crippen molar-refractivity contribution in [3.05, 3.63) is 59.1 Å². The van der Waals surface area contributed by atoms with Crippen LogP contribution in [0.15, 0.2) is 53.4 Å². The average molecular weight is 433 g/mol. The zero-order valence-electron chi connectivity index (χ0n) is 14.9. The van der Waals surface area contributed by atoms with E-state index in [1.54, 1.807) is 25.2 Å². The van der Waals surface area contributed by atoms with Crippen LogP contribution in [-0.2, 0) is 21.4 Å². The lowest BCUT2D eigenvalue weighted by Crippen LogP contribution is -2.31. The molecule has 1 N–H and O–H groups in total. The Labute approximate surface area is 167 Å². The first-order valence-electron chi connectivity index (χ1n) is 8.20. The number of nitrogens with one attached hydrogen (secondary N) is 1. The SMILES string of the molecule is CN(Cc1ccc(OC(F)F)cc1)C(=O)CCNS(=O)(=O)c1cccc(Cl)c1. The highest BCUT2D eigenvalue weighted by atomic mass is 35.5. The summed E-state index contributed by atoms with van der Waals surface area (Å²) in [4.78, 5) is 13.6. The molecule has 0 spiro atoms. The highest BCUT2D eigenvalue weighted by Crippen LogP contribution is 2.17. The highest BCUT2D eigenvalue weighted by molar-refractivity contribution is 7.89. The molecule has 0 unspecified atom stereocenters. The summed E-state index contributed by atoms with van der Waals surface area (Å²) < 4.78 is 55.2. The van der Waals surface area contributed by atoms with Crippen LogP contribution < -0.4 is 9.46 Å². The molecule has 0 aromatic heterocycles. The zero-order chi connectivity index (χ0) is 20.7. The summed E-state index contributed by atoms with van der Waals surface area (Å²) in [7, 11) is -2.19. The summed E-state index contributed by atoms with van der Waals surface area (Å²) in [5.41, 5.74) is 0.719. The van der Waals surface area contributed by atoms with Gasteiger partial charge in [-0.3, -0.25) is 4.79 Å². The minimum atomic E-state index is -3.76. The minimum absolute atomic E-state index is 0.0203. The number of ether oxygens (including phenoxy) is 1. The Balaban J connectivity index is 1.84. The van der Waals surface area contributed by atoms with E-state index in [-0.39, 0.29) is 36.1 Å². The molecule has 0 saturated heterocycles. The number of carbonyl (C=O) groups is 1. The minimum Gasteiger partial charge on any atom is -0.435 e. The summed E-state index contributed by atoms with van der Waals surface area (Å²) in [5.74, 6) is -0.246. The van der Waals surface area contributed by atoms with Crippen LogP contribution in [0.2, 0.25) is 5.02 Å². The molecule has 0 saturated carbocycles. The Hall–Kier alpha value is -2.23. The quantitative estimate of drug-likeness (QED) is 0.660. The van der Waals surface area contributed by atoms with Crippen molar-refractivity contribution in [2.45, 2.75) is 24.5 Å². The van der Waals surface area contributed by atoms with Crippen molar-refractivity contribution in [3.63, 3.8) is 0 Å². The van der Waals surface area contributed by atoms with Gasteiger partial charge < -0.3 is 9.64 Å². The second-order valence-corrected chi connectivity index (χ2v) is 8.08. The third kappa shape index (κ3) is 6.74. The molecule has 2 aromatic rings. The van der Waals surface area contributed by atoms with Crippen LogP contribution in [0.3, 0.4) is 0 Å². The fourth-order valence-electron chi connectivity index (χ4n) is 2.34. The van der Waals surface area contributed by atoms with E-state index in [9.17, 15) is 22.0 Å². The Morgan fingerprint density at radius 2 is 1.89 bits per heavy atom. The van der Waals surface area contributed by atoms with Gasteiger partial charge in [-0.2, -0.15) is 8.78 Å². The summed E-state index contributed by atoms with van der Waals surface area (Å²) in [6.45, 7) is -2.72. The van der Waals surface area contributed by atoms with E-state index in [0.717, 1.165) is 5.56 Å². The van der Waals surface area contributed by atoms with Gasteiger partial charge in [0.2, 0.25) is 15.9 Å². The molecular weight excluding hydrogens is 414 g/mol. The average Bonchev–Trinajstić information content (AvgIpc) is 2.62. The van der Waals surface area contributed by atoms with Crippen LogP contribution in [0, 0.1) is 0 Å². The van der Waals surface area contributed by atoms with E-state index in [0.29, 0.717) is 5.02 Å². The first-order valence-corrected chi connectivity index (χ1v) is 10.1. The number of hydrogen-bond donors (Lipinski definition) is 1. The van der Waals surface area contributed by atoms with Gasteiger partial charge in [0.1, 0.15) is 5.75 Å². The van der Waals surface area contributed by atoms with Crippen molar-refractivity contribution in [1.29, 1.82) is 0 Å². The molecule has 0 heterocycles. The number of halogens is 3. The zero-order valence-corrected chi connectivity index (χ0v) is 16.5. The maximum atomic E-state index is 12.2. The van der Waals surface area contributed by atoms with Crippen LogP contribution in [0.1, 0.15) is 12.0 Å². The van der Waals surface area contributed by atoms with E-state index in [1.165, 1.54) is 35.2 Å². The fourth-order valence-corrected chi connectivity index (χ4v) is 3.67. The molecule has 0 atom stereocenters. The van der Waals surface area contributed by atoms with E-state index < -0.39 is 16.6 Å². The molecule has 28 heavy (non-hydrogen) atoms. The lowest BCUT2D eigenvalue weighted by molar-refractivity contribution is -0.130. The van der Waals surface area contributed by atoms with E-state index in [4.69, 9.17) is 11.6 Å². The van der Waals surface area contributed by atoms with Crippen molar-refractivity contribution < 1.29 is 26.7 Å². The van der Waals surface area contributed by atoms with Crippen LogP contribution in [0.5, 0.6) is 5.75 Å². The maximum absolute atomic E-state index is 12.2. The maximum Gasteiger partial charge on any atom is 0.387 e.